The topological polar surface area (TPSA) is 55.1 Å². The molecule has 104 valence electrons. The Kier molecular flexibility index (Phi) is 4.85. The summed E-state index contributed by atoms with van der Waals surface area (Å²) in [4.78, 5) is 11.5. The molecule has 3 N–H and O–H groups in total. The second-order valence-corrected chi connectivity index (χ2v) is 4.54. The van der Waals surface area contributed by atoms with E-state index in [1.807, 2.05) is 30.3 Å². The molecule has 0 unspecified atom stereocenters. The van der Waals surface area contributed by atoms with Crippen LogP contribution in [0.4, 0.5) is 4.39 Å². The number of carbonyl (C=O) groups excluding carboxylic acids is 1. The van der Waals surface area contributed by atoms with Crippen LogP contribution in [-0.4, -0.2) is 12.5 Å². The van der Waals surface area contributed by atoms with Gasteiger partial charge < -0.3 is 11.1 Å². The van der Waals surface area contributed by atoms with E-state index in [2.05, 4.69) is 5.32 Å². The minimum absolute atomic E-state index is 0.232. The van der Waals surface area contributed by atoms with E-state index in [1.165, 1.54) is 6.07 Å². The van der Waals surface area contributed by atoms with Crippen LogP contribution in [0.3, 0.4) is 0 Å². The number of halogens is 1. The maximum Gasteiger partial charge on any atom is 0.239 e. The summed E-state index contributed by atoms with van der Waals surface area (Å²) in [6, 6.07) is 15.3. The van der Waals surface area contributed by atoms with E-state index >= 15 is 0 Å². The van der Waals surface area contributed by atoms with Crippen molar-refractivity contribution < 1.29 is 9.18 Å². The zero-order valence-electron chi connectivity index (χ0n) is 11.1. The van der Waals surface area contributed by atoms with Crippen molar-refractivity contribution in [2.75, 3.05) is 6.54 Å². The summed E-state index contributed by atoms with van der Waals surface area (Å²) in [7, 11) is 0. The number of rotatable bonds is 6. The van der Waals surface area contributed by atoms with E-state index in [9.17, 15) is 9.18 Å². The molecule has 2 aromatic rings. The third-order valence-electron chi connectivity index (χ3n) is 3.12. The van der Waals surface area contributed by atoms with E-state index in [4.69, 9.17) is 5.73 Å². The van der Waals surface area contributed by atoms with Crippen molar-refractivity contribution in [1.82, 2.24) is 5.32 Å². The number of carbonyl (C=O) groups is 1. The molecule has 0 saturated heterocycles. The summed E-state index contributed by atoms with van der Waals surface area (Å²) in [5.41, 5.74) is 6.84. The highest BCUT2D eigenvalue weighted by molar-refractivity contribution is 5.81. The predicted molar refractivity (Wildman–Crippen MR) is 76.5 cm³/mol. The van der Waals surface area contributed by atoms with Gasteiger partial charge in [0.15, 0.2) is 0 Å². The maximum atomic E-state index is 13.5. The molecule has 2 rings (SSSR count). The van der Waals surface area contributed by atoms with Crippen molar-refractivity contribution in [3.05, 3.63) is 71.5 Å². The van der Waals surface area contributed by atoms with Crippen molar-refractivity contribution in [1.29, 1.82) is 0 Å². The van der Waals surface area contributed by atoms with Crippen LogP contribution in [0.25, 0.3) is 0 Å². The van der Waals surface area contributed by atoms with Gasteiger partial charge in [-0.05, 0) is 23.6 Å². The van der Waals surface area contributed by atoms with Gasteiger partial charge in [-0.2, -0.15) is 0 Å². The quantitative estimate of drug-likeness (QED) is 0.847. The van der Waals surface area contributed by atoms with Gasteiger partial charge in [0, 0.05) is 6.54 Å². The highest BCUT2D eigenvalue weighted by atomic mass is 19.1. The van der Waals surface area contributed by atoms with E-state index in [1.54, 1.807) is 18.2 Å². The third-order valence-corrected chi connectivity index (χ3v) is 3.12. The smallest absolute Gasteiger partial charge is 0.239 e. The zero-order valence-corrected chi connectivity index (χ0v) is 11.1. The first-order valence-electron chi connectivity index (χ1n) is 6.49. The van der Waals surface area contributed by atoms with Crippen molar-refractivity contribution >= 4 is 5.91 Å². The molecule has 3 nitrogen and oxygen atoms in total. The van der Waals surface area contributed by atoms with Crippen molar-refractivity contribution in [2.45, 2.75) is 12.5 Å². The Balaban J connectivity index is 1.97. The van der Waals surface area contributed by atoms with Gasteiger partial charge in [0.2, 0.25) is 5.91 Å². The first-order valence-corrected chi connectivity index (χ1v) is 6.49. The molecule has 1 amide bonds. The molecule has 1 atom stereocenters. The standard InChI is InChI=1S/C16H17FN2O/c17-14-9-5-4-6-12(14)10-11-19-15(16(18)20)13-7-2-1-3-8-13/h1-9,15,19H,10-11H2,(H2,18,20)/t15-/m1/s1. The van der Waals surface area contributed by atoms with Gasteiger partial charge in [-0.15, -0.1) is 0 Å². The van der Waals surface area contributed by atoms with Crippen LogP contribution >= 0.6 is 0 Å². The summed E-state index contributed by atoms with van der Waals surface area (Å²) in [5.74, 6) is -0.672. The molecule has 20 heavy (non-hydrogen) atoms. The number of primary amides is 1. The fourth-order valence-electron chi connectivity index (χ4n) is 2.08. The number of hydrogen-bond acceptors (Lipinski definition) is 2. The normalized spacial score (nSPS) is 12.1. The van der Waals surface area contributed by atoms with Crippen LogP contribution in [0.15, 0.2) is 54.6 Å². The fourth-order valence-corrected chi connectivity index (χ4v) is 2.08. The Hall–Kier alpha value is -2.20. The highest BCUT2D eigenvalue weighted by Gasteiger charge is 2.16. The lowest BCUT2D eigenvalue weighted by molar-refractivity contribution is -0.120. The Morgan fingerprint density at radius 1 is 1.10 bits per heavy atom. The Morgan fingerprint density at radius 3 is 2.40 bits per heavy atom. The van der Waals surface area contributed by atoms with Crippen LogP contribution in [0, 0.1) is 5.82 Å². The molecule has 0 bridgehead atoms. The van der Waals surface area contributed by atoms with Crippen LogP contribution in [0.5, 0.6) is 0 Å². The lowest BCUT2D eigenvalue weighted by atomic mass is 10.1. The van der Waals surface area contributed by atoms with Crippen LogP contribution in [-0.2, 0) is 11.2 Å². The molecular formula is C16H17FN2O. The first-order chi connectivity index (χ1) is 9.68. The van der Waals surface area contributed by atoms with Crippen LogP contribution < -0.4 is 11.1 Å². The molecule has 0 aliphatic heterocycles. The highest BCUT2D eigenvalue weighted by Crippen LogP contribution is 2.12. The van der Waals surface area contributed by atoms with Gasteiger partial charge in [-0.3, -0.25) is 4.79 Å². The SMILES string of the molecule is NC(=O)[C@H](NCCc1ccccc1F)c1ccccc1. The van der Waals surface area contributed by atoms with E-state index in [-0.39, 0.29) is 5.82 Å². The predicted octanol–water partition coefficient (Wildman–Crippen LogP) is 2.18. The molecule has 0 saturated carbocycles. The van der Waals surface area contributed by atoms with Crippen molar-refractivity contribution in [3.63, 3.8) is 0 Å². The minimum atomic E-state index is -0.553. The monoisotopic (exact) mass is 272 g/mol. The molecular weight excluding hydrogens is 255 g/mol. The van der Waals surface area contributed by atoms with Crippen molar-refractivity contribution in [3.8, 4) is 0 Å². The lowest BCUT2D eigenvalue weighted by Gasteiger charge is -2.15. The largest absolute Gasteiger partial charge is 0.368 e. The number of nitrogens with two attached hydrogens (primary N) is 1. The molecule has 2 aromatic carbocycles. The number of benzene rings is 2. The van der Waals surface area contributed by atoms with Crippen LogP contribution in [0.1, 0.15) is 17.2 Å². The third kappa shape index (κ3) is 3.65. The maximum absolute atomic E-state index is 13.5. The minimum Gasteiger partial charge on any atom is -0.368 e. The molecule has 0 aromatic heterocycles. The second-order valence-electron chi connectivity index (χ2n) is 4.54. The first kappa shape index (κ1) is 14.2. The van der Waals surface area contributed by atoms with Crippen molar-refractivity contribution in [2.24, 2.45) is 5.73 Å². The number of amides is 1. The van der Waals surface area contributed by atoms with Gasteiger partial charge >= 0.3 is 0 Å². The second kappa shape index (κ2) is 6.82. The van der Waals surface area contributed by atoms with E-state index in [0.717, 1.165) is 5.56 Å². The lowest BCUT2D eigenvalue weighted by Crippen LogP contribution is -2.34. The summed E-state index contributed by atoms with van der Waals surface area (Å²) >= 11 is 0. The van der Waals surface area contributed by atoms with Crippen LogP contribution in [0.2, 0.25) is 0 Å². The fraction of sp³-hybridized carbons (Fsp3) is 0.188. The van der Waals surface area contributed by atoms with Gasteiger partial charge in [0.1, 0.15) is 11.9 Å². The molecule has 0 radical (unpaired) electrons. The average Bonchev–Trinajstić information content (AvgIpc) is 2.46. The van der Waals surface area contributed by atoms with Gasteiger partial charge in [0.05, 0.1) is 0 Å². The Labute approximate surface area is 117 Å². The molecule has 0 aliphatic carbocycles. The number of hydrogen-bond donors (Lipinski definition) is 2. The summed E-state index contributed by atoms with van der Waals surface area (Å²) in [5, 5.41) is 3.07. The molecule has 0 fully saturated rings. The summed E-state index contributed by atoms with van der Waals surface area (Å²) < 4.78 is 13.5. The summed E-state index contributed by atoms with van der Waals surface area (Å²) in [6.45, 7) is 0.476. The zero-order chi connectivity index (χ0) is 14.4. The summed E-state index contributed by atoms with van der Waals surface area (Å²) in [6.07, 6.45) is 0.503. The van der Waals surface area contributed by atoms with E-state index in [0.29, 0.717) is 18.5 Å². The number of nitrogens with one attached hydrogen (secondary N) is 1. The molecule has 0 spiro atoms. The van der Waals surface area contributed by atoms with Gasteiger partial charge in [-0.25, -0.2) is 4.39 Å². The van der Waals surface area contributed by atoms with E-state index < -0.39 is 11.9 Å². The average molecular weight is 272 g/mol. The molecule has 0 heterocycles. The Morgan fingerprint density at radius 2 is 1.75 bits per heavy atom. The molecule has 0 aliphatic rings. The Bertz CT molecular complexity index is 572. The molecule has 4 heteroatoms. The van der Waals surface area contributed by atoms with Gasteiger partial charge in [0.25, 0.3) is 0 Å². The van der Waals surface area contributed by atoms with Gasteiger partial charge in [-0.1, -0.05) is 48.5 Å².